The summed E-state index contributed by atoms with van der Waals surface area (Å²) in [6, 6.07) is 17.3. The molecule has 0 bridgehead atoms. The molecule has 2 aromatic rings. The molecule has 0 aliphatic carbocycles. The van der Waals surface area contributed by atoms with Gasteiger partial charge in [-0.1, -0.05) is 56.3 Å². The predicted molar refractivity (Wildman–Crippen MR) is 101 cm³/mol. The normalized spacial score (nSPS) is 14.6. The molecule has 5 heteroatoms. The molecule has 0 radical (unpaired) electrons. The van der Waals surface area contributed by atoms with Crippen molar-refractivity contribution in [2.24, 2.45) is 5.92 Å². The first-order valence-electron chi connectivity index (χ1n) is 8.93. The average Bonchev–Trinajstić information content (AvgIpc) is 2.65. The molecule has 1 aliphatic heterocycles. The molecular formula is C21H24N2O3. The van der Waals surface area contributed by atoms with Gasteiger partial charge in [0.15, 0.2) is 6.61 Å². The maximum atomic E-state index is 12.5. The quantitative estimate of drug-likeness (QED) is 0.868. The number of benzene rings is 2. The summed E-state index contributed by atoms with van der Waals surface area (Å²) < 4.78 is 5.43. The van der Waals surface area contributed by atoms with Crippen molar-refractivity contribution in [2.75, 3.05) is 18.1 Å². The van der Waals surface area contributed by atoms with E-state index >= 15 is 0 Å². The second-order valence-electron chi connectivity index (χ2n) is 6.75. The number of nitrogens with zero attached hydrogens (tertiary/aromatic N) is 1. The minimum Gasteiger partial charge on any atom is -0.482 e. The van der Waals surface area contributed by atoms with Crippen LogP contribution in [-0.2, 0) is 9.59 Å². The summed E-state index contributed by atoms with van der Waals surface area (Å²) in [6.07, 6.45) is 0.246. The first kappa shape index (κ1) is 18.0. The van der Waals surface area contributed by atoms with Gasteiger partial charge >= 0.3 is 0 Å². The van der Waals surface area contributed by atoms with Crippen LogP contribution in [0, 0.1) is 5.92 Å². The van der Waals surface area contributed by atoms with Gasteiger partial charge in [-0.25, -0.2) is 0 Å². The summed E-state index contributed by atoms with van der Waals surface area (Å²) in [6.45, 7) is 4.52. The zero-order valence-corrected chi connectivity index (χ0v) is 15.1. The van der Waals surface area contributed by atoms with Crippen molar-refractivity contribution in [3.63, 3.8) is 0 Å². The number of amides is 2. The highest BCUT2D eigenvalue weighted by Crippen LogP contribution is 2.31. The summed E-state index contributed by atoms with van der Waals surface area (Å²) in [7, 11) is 0. The molecule has 0 saturated carbocycles. The van der Waals surface area contributed by atoms with E-state index in [1.165, 1.54) is 0 Å². The fourth-order valence-corrected chi connectivity index (χ4v) is 3.15. The number of hydrogen-bond donors (Lipinski definition) is 1. The first-order chi connectivity index (χ1) is 12.6. The number of fused-ring (bicyclic) bond motifs is 1. The topological polar surface area (TPSA) is 58.6 Å². The molecular weight excluding hydrogens is 328 g/mol. The maximum absolute atomic E-state index is 12.5. The molecule has 26 heavy (non-hydrogen) atoms. The molecule has 0 fully saturated rings. The predicted octanol–water partition coefficient (Wildman–Crippen LogP) is 3.32. The molecule has 1 heterocycles. The zero-order valence-electron chi connectivity index (χ0n) is 15.1. The van der Waals surface area contributed by atoms with Crippen molar-refractivity contribution >= 4 is 17.5 Å². The minimum absolute atomic E-state index is 0.0112. The molecule has 2 aromatic carbocycles. The van der Waals surface area contributed by atoms with Gasteiger partial charge in [-0.2, -0.15) is 0 Å². The molecule has 1 N–H and O–H groups in total. The molecule has 1 atom stereocenters. The molecule has 0 aromatic heterocycles. The van der Waals surface area contributed by atoms with Crippen LogP contribution in [0.1, 0.15) is 31.9 Å². The third-order valence-corrected chi connectivity index (χ3v) is 4.51. The van der Waals surface area contributed by atoms with Crippen molar-refractivity contribution in [3.05, 3.63) is 60.2 Å². The Hall–Kier alpha value is -2.82. The van der Waals surface area contributed by atoms with Crippen molar-refractivity contribution in [2.45, 2.75) is 26.3 Å². The van der Waals surface area contributed by atoms with Crippen LogP contribution in [-0.4, -0.2) is 25.0 Å². The molecule has 1 aliphatic rings. The maximum Gasteiger partial charge on any atom is 0.265 e. The minimum atomic E-state index is -0.125. The van der Waals surface area contributed by atoms with Gasteiger partial charge in [0.2, 0.25) is 5.91 Å². The van der Waals surface area contributed by atoms with E-state index in [0.717, 1.165) is 11.3 Å². The van der Waals surface area contributed by atoms with E-state index < -0.39 is 0 Å². The van der Waals surface area contributed by atoms with Gasteiger partial charge < -0.3 is 15.0 Å². The Morgan fingerprint density at radius 3 is 2.54 bits per heavy atom. The monoisotopic (exact) mass is 352 g/mol. The fourth-order valence-electron chi connectivity index (χ4n) is 3.15. The van der Waals surface area contributed by atoms with Crippen LogP contribution in [0.3, 0.4) is 0 Å². The van der Waals surface area contributed by atoms with Crippen LogP contribution in [0.2, 0.25) is 0 Å². The Morgan fingerprint density at radius 2 is 1.81 bits per heavy atom. The molecule has 0 unspecified atom stereocenters. The lowest BCUT2D eigenvalue weighted by Gasteiger charge is -2.29. The number of hydrogen-bond acceptors (Lipinski definition) is 3. The molecule has 3 rings (SSSR count). The van der Waals surface area contributed by atoms with Gasteiger partial charge in [0.05, 0.1) is 11.7 Å². The highest BCUT2D eigenvalue weighted by atomic mass is 16.5. The van der Waals surface area contributed by atoms with E-state index in [-0.39, 0.29) is 36.8 Å². The van der Waals surface area contributed by atoms with Crippen molar-refractivity contribution in [3.8, 4) is 5.75 Å². The zero-order chi connectivity index (χ0) is 18.5. The number of nitrogens with one attached hydrogen (secondary N) is 1. The van der Waals surface area contributed by atoms with Crippen molar-refractivity contribution in [1.82, 2.24) is 5.32 Å². The van der Waals surface area contributed by atoms with Gasteiger partial charge in [0.25, 0.3) is 5.91 Å². The summed E-state index contributed by atoms with van der Waals surface area (Å²) in [5.74, 6) is 0.758. The average molecular weight is 352 g/mol. The van der Waals surface area contributed by atoms with Crippen LogP contribution in [0.4, 0.5) is 5.69 Å². The standard InChI is InChI=1S/C21H24N2O3/c1-15(2)21(16-8-4-3-5-9-16)22-19(24)12-13-23-17-10-6-7-11-18(17)26-14-20(23)25/h3-11,15,21H,12-14H2,1-2H3,(H,22,24)/t21-/m0/s1. The van der Waals surface area contributed by atoms with Crippen LogP contribution in [0.25, 0.3) is 0 Å². The van der Waals surface area contributed by atoms with E-state index in [9.17, 15) is 9.59 Å². The van der Waals surface area contributed by atoms with Gasteiger partial charge in [-0.3, -0.25) is 9.59 Å². The van der Waals surface area contributed by atoms with Gasteiger partial charge in [-0.05, 0) is 23.6 Å². The second kappa shape index (κ2) is 8.04. The van der Waals surface area contributed by atoms with Crippen LogP contribution in [0.15, 0.2) is 54.6 Å². The van der Waals surface area contributed by atoms with Crippen molar-refractivity contribution in [1.29, 1.82) is 0 Å². The summed E-state index contributed by atoms with van der Waals surface area (Å²) in [5.41, 5.74) is 1.81. The van der Waals surface area contributed by atoms with E-state index in [1.807, 2.05) is 54.6 Å². The van der Waals surface area contributed by atoms with Gasteiger partial charge in [0.1, 0.15) is 5.75 Å². The van der Waals surface area contributed by atoms with Crippen LogP contribution in [0.5, 0.6) is 5.75 Å². The van der Waals surface area contributed by atoms with Crippen molar-refractivity contribution < 1.29 is 14.3 Å². The number of para-hydroxylation sites is 2. The van der Waals surface area contributed by atoms with E-state index in [1.54, 1.807) is 4.90 Å². The Labute approximate surface area is 154 Å². The number of anilines is 1. The number of ether oxygens (including phenoxy) is 1. The Kier molecular flexibility index (Phi) is 5.56. The molecule has 0 spiro atoms. The molecule has 2 amide bonds. The van der Waals surface area contributed by atoms with E-state index in [0.29, 0.717) is 12.3 Å². The summed E-state index contributed by atoms with van der Waals surface area (Å²) in [5, 5.41) is 3.10. The van der Waals surface area contributed by atoms with Gasteiger partial charge in [0, 0.05) is 13.0 Å². The highest BCUT2D eigenvalue weighted by Gasteiger charge is 2.26. The van der Waals surface area contributed by atoms with E-state index in [2.05, 4.69) is 19.2 Å². The second-order valence-corrected chi connectivity index (χ2v) is 6.75. The molecule has 0 saturated heterocycles. The number of rotatable bonds is 6. The lowest BCUT2D eigenvalue weighted by Crippen LogP contribution is -2.41. The molecule has 136 valence electrons. The fraction of sp³-hybridized carbons (Fsp3) is 0.333. The van der Waals surface area contributed by atoms with Crippen LogP contribution >= 0.6 is 0 Å². The summed E-state index contributed by atoms with van der Waals surface area (Å²) >= 11 is 0. The van der Waals surface area contributed by atoms with Crippen LogP contribution < -0.4 is 15.0 Å². The molecule has 5 nitrogen and oxygen atoms in total. The largest absolute Gasteiger partial charge is 0.482 e. The SMILES string of the molecule is CC(C)[C@H](NC(=O)CCN1C(=O)COc2ccccc21)c1ccccc1. The summed E-state index contributed by atoms with van der Waals surface area (Å²) in [4.78, 5) is 26.3. The van der Waals surface area contributed by atoms with E-state index in [4.69, 9.17) is 4.74 Å². The third kappa shape index (κ3) is 4.04. The van der Waals surface area contributed by atoms with Gasteiger partial charge in [-0.15, -0.1) is 0 Å². The third-order valence-electron chi connectivity index (χ3n) is 4.51. The lowest BCUT2D eigenvalue weighted by atomic mass is 9.96. The Balaban J connectivity index is 1.64. The number of carbonyl (C=O) groups is 2. The highest BCUT2D eigenvalue weighted by molar-refractivity contribution is 5.98. The first-order valence-corrected chi connectivity index (χ1v) is 8.93. The Bertz CT molecular complexity index is 774. The number of carbonyl (C=O) groups excluding carboxylic acids is 2. The smallest absolute Gasteiger partial charge is 0.265 e. The lowest BCUT2D eigenvalue weighted by molar-refractivity contribution is -0.122. The Morgan fingerprint density at radius 1 is 1.12 bits per heavy atom.